The fourth-order valence-electron chi connectivity index (χ4n) is 2.91. The van der Waals surface area contributed by atoms with Crippen molar-refractivity contribution in [3.05, 3.63) is 65.0 Å². The molecule has 3 rings (SSSR count). The summed E-state index contributed by atoms with van der Waals surface area (Å²) in [6.45, 7) is 4.69. The molecule has 0 fully saturated rings. The Bertz CT molecular complexity index is 851. The van der Waals surface area contributed by atoms with E-state index in [0.29, 0.717) is 13.0 Å². The average Bonchev–Trinajstić information content (AvgIpc) is 2.93. The van der Waals surface area contributed by atoms with Gasteiger partial charge in [-0.05, 0) is 55.5 Å². The Hall–Kier alpha value is -2.62. The third kappa shape index (κ3) is 4.02. The number of aromatic nitrogens is 2. The Morgan fingerprint density at radius 2 is 1.96 bits per heavy atom. The van der Waals surface area contributed by atoms with Crippen LogP contribution in [0, 0.1) is 13.8 Å². The predicted octanol–water partition coefficient (Wildman–Crippen LogP) is 3.47. The summed E-state index contributed by atoms with van der Waals surface area (Å²) in [7, 11) is 0. The molecule has 1 heterocycles. The Morgan fingerprint density at radius 3 is 2.79 bits per heavy atom. The maximum absolute atomic E-state index is 12.0. The fourth-order valence-corrected chi connectivity index (χ4v) is 2.91. The lowest BCUT2D eigenvalue weighted by atomic mass is 10.0. The highest BCUT2D eigenvalue weighted by molar-refractivity contribution is 5.77. The van der Waals surface area contributed by atoms with Gasteiger partial charge in [0.2, 0.25) is 5.91 Å². The van der Waals surface area contributed by atoms with Crippen molar-refractivity contribution < 1.29 is 4.79 Å². The topological polar surface area (TPSA) is 57.8 Å². The molecule has 0 saturated heterocycles. The summed E-state index contributed by atoms with van der Waals surface area (Å²) in [5.41, 5.74) is 5.72. The molecule has 0 atom stereocenters. The molecule has 2 N–H and O–H groups in total. The molecule has 24 heavy (non-hydrogen) atoms. The van der Waals surface area contributed by atoms with Gasteiger partial charge in [-0.15, -0.1) is 0 Å². The Labute approximate surface area is 142 Å². The lowest BCUT2D eigenvalue weighted by Crippen LogP contribution is -2.25. The van der Waals surface area contributed by atoms with Gasteiger partial charge in [-0.1, -0.05) is 30.3 Å². The molecule has 2 aromatic carbocycles. The van der Waals surface area contributed by atoms with Crippen molar-refractivity contribution >= 4 is 16.9 Å². The van der Waals surface area contributed by atoms with Crippen molar-refractivity contribution in [3.63, 3.8) is 0 Å². The molecular formula is C20H23N3O. The molecule has 0 aliphatic rings. The highest BCUT2D eigenvalue weighted by Gasteiger charge is 2.05. The number of amides is 1. The maximum atomic E-state index is 12.0. The zero-order valence-corrected chi connectivity index (χ0v) is 14.2. The molecular weight excluding hydrogens is 298 g/mol. The normalized spacial score (nSPS) is 10.9. The van der Waals surface area contributed by atoms with E-state index in [1.807, 2.05) is 25.1 Å². The van der Waals surface area contributed by atoms with Crippen LogP contribution in [0.15, 0.2) is 42.5 Å². The van der Waals surface area contributed by atoms with E-state index in [-0.39, 0.29) is 5.91 Å². The van der Waals surface area contributed by atoms with E-state index in [1.54, 1.807) is 0 Å². The summed E-state index contributed by atoms with van der Waals surface area (Å²) in [5, 5.41) is 3.01. The van der Waals surface area contributed by atoms with Crippen molar-refractivity contribution in [2.24, 2.45) is 0 Å². The molecule has 4 heteroatoms. The van der Waals surface area contributed by atoms with Crippen molar-refractivity contribution in [1.82, 2.24) is 15.3 Å². The van der Waals surface area contributed by atoms with E-state index in [4.69, 9.17) is 0 Å². The standard InChI is InChI=1S/C20H23N3O/c1-14-5-3-4-6-17(14)8-10-20(24)21-12-11-16-7-9-18-19(13-16)23-15(2)22-18/h3-7,9,13H,8,10-12H2,1-2H3,(H,21,24)(H,22,23). The number of carbonyl (C=O) groups excluding carboxylic acids is 1. The Kier molecular flexibility index (Phi) is 4.94. The number of carbonyl (C=O) groups is 1. The molecule has 0 unspecified atom stereocenters. The van der Waals surface area contributed by atoms with E-state index >= 15 is 0 Å². The van der Waals surface area contributed by atoms with Gasteiger partial charge in [0, 0.05) is 13.0 Å². The van der Waals surface area contributed by atoms with Crippen LogP contribution < -0.4 is 5.32 Å². The number of benzene rings is 2. The fraction of sp³-hybridized carbons (Fsp3) is 0.300. The van der Waals surface area contributed by atoms with Crippen LogP contribution in [0.2, 0.25) is 0 Å². The number of aryl methyl sites for hydroxylation is 3. The second-order valence-electron chi connectivity index (χ2n) is 6.20. The van der Waals surface area contributed by atoms with E-state index < -0.39 is 0 Å². The number of nitrogens with zero attached hydrogens (tertiary/aromatic N) is 1. The van der Waals surface area contributed by atoms with E-state index in [0.717, 1.165) is 29.7 Å². The largest absolute Gasteiger partial charge is 0.356 e. The summed E-state index contributed by atoms with van der Waals surface area (Å²) < 4.78 is 0. The number of H-pyrrole nitrogens is 1. The molecule has 0 bridgehead atoms. The number of nitrogens with one attached hydrogen (secondary N) is 2. The van der Waals surface area contributed by atoms with Gasteiger partial charge in [0.1, 0.15) is 5.82 Å². The van der Waals surface area contributed by atoms with Gasteiger partial charge in [0.15, 0.2) is 0 Å². The lowest BCUT2D eigenvalue weighted by molar-refractivity contribution is -0.121. The molecule has 0 aliphatic carbocycles. The number of rotatable bonds is 6. The van der Waals surface area contributed by atoms with Crippen LogP contribution in [0.25, 0.3) is 11.0 Å². The van der Waals surface area contributed by atoms with Gasteiger partial charge in [-0.25, -0.2) is 4.98 Å². The lowest BCUT2D eigenvalue weighted by Gasteiger charge is -2.07. The van der Waals surface area contributed by atoms with Crippen LogP contribution >= 0.6 is 0 Å². The van der Waals surface area contributed by atoms with Crippen LogP contribution in [-0.2, 0) is 17.6 Å². The minimum absolute atomic E-state index is 0.108. The van der Waals surface area contributed by atoms with E-state index in [1.165, 1.54) is 16.7 Å². The first kappa shape index (κ1) is 16.2. The molecule has 124 valence electrons. The van der Waals surface area contributed by atoms with Gasteiger partial charge in [-0.2, -0.15) is 0 Å². The SMILES string of the molecule is Cc1nc2ccc(CCNC(=O)CCc3ccccc3C)cc2[nH]1. The van der Waals surface area contributed by atoms with Crippen LogP contribution in [0.5, 0.6) is 0 Å². The highest BCUT2D eigenvalue weighted by Crippen LogP contribution is 2.14. The third-order valence-electron chi connectivity index (χ3n) is 4.28. The first-order valence-corrected chi connectivity index (χ1v) is 8.38. The van der Waals surface area contributed by atoms with Gasteiger partial charge in [-0.3, -0.25) is 4.79 Å². The first-order chi connectivity index (χ1) is 11.6. The van der Waals surface area contributed by atoms with Crippen LogP contribution in [-0.4, -0.2) is 22.4 Å². The van der Waals surface area contributed by atoms with Crippen LogP contribution in [0.3, 0.4) is 0 Å². The number of aromatic amines is 1. The van der Waals surface area contributed by atoms with Crippen molar-refractivity contribution in [2.75, 3.05) is 6.54 Å². The number of hydrogen-bond acceptors (Lipinski definition) is 2. The van der Waals surface area contributed by atoms with Crippen molar-refractivity contribution in [1.29, 1.82) is 0 Å². The van der Waals surface area contributed by atoms with Gasteiger partial charge < -0.3 is 10.3 Å². The summed E-state index contributed by atoms with van der Waals surface area (Å²) in [5.74, 6) is 1.03. The highest BCUT2D eigenvalue weighted by atomic mass is 16.1. The maximum Gasteiger partial charge on any atom is 0.220 e. The molecule has 0 saturated carbocycles. The smallest absolute Gasteiger partial charge is 0.220 e. The van der Waals surface area contributed by atoms with Gasteiger partial charge in [0.25, 0.3) is 0 Å². The zero-order valence-electron chi connectivity index (χ0n) is 14.2. The molecule has 0 radical (unpaired) electrons. The number of imidazole rings is 1. The Balaban J connectivity index is 1.46. The number of fused-ring (bicyclic) bond motifs is 1. The minimum atomic E-state index is 0.108. The Morgan fingerprint density at radius 1 is 1.12 bits per heavy atom. The monoisotopic (exact) mass is 321 g/mol. The molecule has 0 aliphatic heterocycles. The predicted molar refractivity (Wildman–Crippen MR) is 97.0 cm³/mol. The van der Waals surface area contributed by atoms with E-state index in [2.05, 4.69) is 46.5 Å². The molecule has 3 aromatic rings. The average molecular weight is 321 g/mol. The first-order valence-electron chi connectivity index (χ1n) is 8.38. The molecule has 4 nitrogen and oxygen atoms in total. The zero-order chi connectivity index (χ0) is 16.9. The van der Waals surface area contributed by atoms with Crippen LogP contribution in [0.4, 0.5) is 0 Å². The third-order valence-corrected chi connectivity index (χ3v) is 4.28. The van der Waals surface area contributed by atoms with Gasteiger partial charge in [0.05, 0.1) is 11.0 Å². The molecule has 0 spiro atoms. The second-order valence-corrected chi connectivity index (χ2v) is 6.20. The summed E-state index contributed by atoms with van der Waals surface area (Å²) in [6.07, 6.45) is 2.14. The summed E-state index contributed by atoms with van der Waals surface area (Å²) in [4.78, 5) is 19.6. The second kappa shape index (κ2) is 7.30. The molecule has 1 aromatic heterocycles. The minimum Gasteiger partial charge on any atom is -0.356 e. The molecule has 1 amide bonds. The van der Waals surface area contributed by atoms with Gasteiger partial charge >= 0.3 is 0 Å². The summed E-state index contributed by atoms with van der Waals surface area (Å²) >= 11 is 0. The van der Waals surface area contributed by atoms with Crippen molar-refractivity contribution in [2.45, 2.75) is 33.1 Å². The number of hydrogen-bond donors (Lipinski definition) is 2. The van der Waals surface area contributed by atoms with Crippen LogP contribution in [0.1, 0.15) is 28.9 Å². The quantitative estimate of drug-likeness (QED) is 0.730. The van der Waals surface area contributed by atoms with E-state index in [9.17, 15) is 4.79 Å². The van der Waals surface area contributed by atoms with Crippen molar-refractivity contribution in [3.8, 4) is 0 Å². The summed E-state index contributed by atoms with van der Waals surface area (Å²) in [6, 6.07) is 14.4.